The molecule has 1 aliphatic rings. The van der Waals surface area contributed by atoms with Crippen LogP contribution in [0, 0.1) is 0 Å². The van der Waals surface area contributed by atoms with Crippen LogP contribution in [0.3, 0.4) is 0 Å². The molecule has 152 valence electrons. The van der Waals surface area contributed by atoms with Gasteiger partial charge >= 0.3 is 0 Å². The first-order valence-corrected chi connectivity index (χ1v) is 10.0. The smallest absolute Gasteiger partial charge is 0.222 e. The van der Waals surface area contributed by atoms with E-state index >= 15 is 0 Å². The highest BCUT2D eigenvalue weighted by Crippen LogP contribution is 2.29. The number of halogens is 1. The molecule has 0 unspecified atom stereocenters. The van der Waals surface area contributed by atoms with Gasteiger partial charge in [0.2, 0.25) is 5.91 Å². The van der Waals surface area contributed by atoms with Gasteiger partial charge in [-0.2, -0.15) is 5.10 Å². The van der Waals surface area contributed by atoms with Gasteiger partial charge in [0.15, 0.2) is 11.5 Å². The summed E-state index contributed by atoms with van der Waals surface area (Å²) in [6, 6.07) is 7.52. The van der Waals surface area contributed by atoms with E-state index in [0.717, 1.165) is 16.9 Å². The largest absolute Gasteiger partial charge is 0.377 e. The lowest BCUT2D eigenvalue weighted by Gasteiger charge is -2.35. The molecular weight excluding hydrogens is 392 g/mol. The number of ether oxygens (including phenoxy) is 1. The maximum absolute atomic E-state index is 12.0. The van der Waals surface area contributed by atoms with E-state index in [-0.39, 0.29) is 5.91 Å². The molecule has 9 heteroatoms. The number of rotatable bonds is 5. The molecule has 1 fully saturated rings. The topological polar surface area (TPSA) is 76.4 Å². The molecule has 8 nitrogen and oxygen atoms in total. The first-order chi connectivity index (χ1) is 14.1. The minimum atomic E-state index is 0.184. The molecule has 2 aromatic heterocycles. The van der Waals surface area contributed by atoms with Gasteiger partial charge in [0.05, 0.1) is 22.3 Å². The zero-order chi connectivity index (χ0) is 20.4. The molecule has 0 spiro atoms. The standard InChI is InChI=1S/C20H23ClN6O2/c1-3-18(28)25-8-10-26(11-9-25)19-14-12-22-27(16-7-5-4-6-15(16)21)20(14)24-17(23-19)13-29-2/h4-7,12H,3,8-11,13H2,1-2H3. The third-order valence-corrected chi connectivity index (χ3v) is 5.36. The molecule has 29 heavy (non-hydrogen) atoms. The molecule has 0 radical (unpaired) electrons. The normalized spacial score (nSPS) is 14.6. The fourth-order valence-electron chi connectivity index (χ4n) is 3.56. The second kappa shape index (κ2) is 8.34. The van der Waals surface area contributed by atoms with E-state index in [9.17, 15) is 4.79 Å². The molecule has 0 atom stereocenters. The van der Waals surface area contributed by atoms with Gasteiger partial charge in [-0.25, -0.2) is 14.6 Å². The quantitative estimate of drug-likeness (QED) is 0.638. The molecule has 1 amide bonds. The van der Waals surface area contributed by atoms with Crippen LogP contribution in [0.25, 0.3) is 16.7 Å². The minimum Gasteiger partial charge on any atom is -0.377 e. The molecule has 3 heterocycles. The van der Waals surface area contributed by atoms with Crippen molar-refractivity contribution < 1.29 is 9.53 Å². The summed E-state index contributed by atoms with van der Waals surface area (Å²) < 4.78 is 7.01. The van der Waals surface area contributed by atoms with Crippen LogP contribution in [-0.4, -0.2) is 63.8 Å². The molecule has 0 saturated carbocycles. The number of hydrogen-bond acceptors (Lipinski definition) is 6. The van der Waals surface area contributed by atoms with E-state index in [1.165, 1.54) is 0 Å². The van der Waals surface area contributed by atoms with Crippen LogP contribution in [0.5, 0.6) is 0 Å². The second-order valence-electron chi connectivity index (χ2n) is 6.86. The highest BCUT2D eigenvalue weighted by molar-refractivity contribution is 6.32. The summed E-state index contributed by atoms with van der Waals surface area (Å²) in [5, 5.41) is 5.98. The Morgan fingerprint density at radius 3 is 2.62 bits per heavy atom. The number of aromatic nitrogens is 4. The van der Waals surface area contributed by atoms with E-state index in [4.69, 9.17) is 21.3 Å². The predicted octanol–water partition coefficient (Wildman–Crippen LogP) is 2.67. The van der Waals surface area contributed by atoms with Gasteiger partial charge in [-0.05, 0) is 12.1 Å². The molecular formula is C20H23ClN6O2. The Hall–Kier alpha value is -2.71. The maximum atomic E-state index is 12.0. The first-order valence-electron chi connectivity index (χ1n) is 9.63. The number of para-hydroxylation sites is 1. The molecule has 0 bridgehead atoms. The number of carbonyl (C=O) groups is 1. The van der Waals surface area contributed by atoms with Crippen molar-refractivity contribution in [3.8, 4) is 5.69 Å². The molecule has 1 aromatic carbocycles. The summed E-state index contributed by atoms with van der Waals surface area (Å²) in [5.74, 6) is 1.57. The fraction of sp³-hybridized carbons (Fsp3) is 0.400. The van der Waals surface area contributed by atoms with E-state index < -0.39 is 0 Å². The van der Waals surface area contributed by atoms with Crippen molar-refractivity contribution in [2.75, 3.05) is 38.2 Å². The number of nitrogens with zero attached hydrogens (tertiary/aromatic N) is 6. The van der Waals surface area contributed by atoms with E-state index in [1.807, 2.05) is 36.1 Å². The number of piperazine rings is 1. The molecule has 3 aromatic rings. The van der Waals surface area contributed by atoms with Gasteiger partial charge in [0.1, 0.15) is 12.4 Å². The van der Waals surface area contributed by atoms with Crippen molar-refractivity contribution in [3.05, 3.63) is 41.3 Å². The second-order valence-corrected chi connectivity index (χ2v) is 7.27. The van der Waals surface area contributed by atoms with Crippen LogP contribution in [0.2, 0.25) is 5.02 Å². The monoisotopic (exact) mass is 414 g/mol. The van der Waals surface area contributed by atoms with Crippen molar-refractivity contribution in [2.24, 2.45) is 0 Å². The molecule has 1 aliphatic heterocycles. The summed E-state index contributed by atoms with van der Waals surface area (Å²) in [4.78, 5) is 25.5. The Bertz CT molecular complexity index is 1030. The van der Waals surface area contributed by atoms with Gasteiger partial charge in [-0.1, -0.05) is 30.7 Å². The fourth-order valence-corrected chi connectivity index (χ4v) is 3.78. The molecule has 0 aliphatic carbocycles. The van der Waals surface area contributed by atoms with Crippen molar-refractivity contribution in [1.29, 1.82) is 0 Å². The van der Waals surface area contributed by atoms with Crippen molar-refractivity contribution in [1.82, 2.24) is 24.6 Å². The lowest BCUT2D eigenvalue weighted by molar-refractivity contribution is -0.131. The van der Waals surface area contributed by atoms with E-state index in [2.05, 4.69) is 15.0 Å². The highest BCUT2D eigenvalue weighted by atomic mass is 35.5. The Morgan fingerprint density at radius 2 is 1.93 bits per heavy atom. The Kier molecular flexibility index (Phi) is 5.64. The number of benzene rings is 1. The van der Waals surface area contributed by atoms with Gasteiger partial charge < -0.3 is 14.5 Å². The third kappa shape index (κ3) is 3.77. The van der Waals surface area contributed by atoms with Crippen molar-refractivity contribution in [2.45, 2.75) is 20.0 Å². The van der Waals surface area contributed by atoms with Gasteiger partial charge in [0.25, 0.3) is 0 Å². The minimum absolute atomic E-state index is 0.184. The number of anilines is 1. The third-order valence-electron chi connectivity index (χ3n) is 5.04. The average Bonchev–Trinajstić information content (AvgIpc) is 3.17. The number of methoxy groups -OCH3 is 1. The Morgan fingerprint density at radius 1 is 1.17 bits per heavy atom. The SMILES string of the molecule is CCC(=O)N1CCN(c2nc(COC)nc3c2cnn3-c2ccccc2Cl)CC1. The maximum Gasteiger partial charge on any atom is 0.222 e. The number of fused-ring (bicyclic) bond motifs is 1. The Labute approximate surface area is 174 Å². The lowest BCUT2D eigenvalue weighted by Crippen LogP contribution is -2.49. The van der Waals surface area contributed by atoms with Crippen molar-refractivity contribution in [3.63, 3.8) is 0 Å². The number of hydrogen-bond donors (Lipinski definition) is 0. The molecule has 1 saturated heterocycles. The van der Waals surface area contributed by atoms with Crippen LogP contribution in [0.15, 0.2) is 30.5 Å². The zero-order valence-corrected chi connectivity index (χ0v) is 17.3. The summed E-state index contributed by atoms with van der Waals surface area (Å²) in [6.45, 7) is 4.96. The van der Waals surface area contributed by atoms with Gasteiger partial charge in [0, 0.05) is 39.7 Å². The molecule has 0 N–H and O–H groups in total. The van der Waals surface area contributed by atoms with Crippen LogP contribution in [0.4, 0.5) is 5.82 Å². The molecule has 4 rings (SSSR count). The summed E-state index contributed by atoms with van der Waals surface area (Å²) >= 11 is 6.39. The Balaban J connectivity index is 1.75. The first kappa shape index (κ1) is 19.6. The predicted molar refractivity (Wildman–Crippen MR) is 111 cm³/mol. The van der Waals surface area contributed by atoms with Crippen LogP contribution >= 0.6 is 11.6 Å². The number of carbonyl (C=O) groups excluding carboxylic acids is 1. The van der Waals surface area contributed by atoms with Gasteiger partial charge in [-0.15, -0.1) is 0 Å². The van der Waals surface area contributed by atoms with Crippen LogP contribution in [-0.2, 0) is 16.1 Å². The summed E-state index contributed by atoms with van der Waals surface area (Å²) in [6.07, 6.45) is 2.30. The van der Waals surface area contributed by atoms with Crippen LogP contribution in [0.1, 0.15) is 19.2 Å². The van der Waals surface area contributed by atoms with E-state index in [1.54, 1.807) is 18.0 Å². The average molecular weight is 415 g/mol. The lowest BCUT2D eigenvalue weighted by atomic mass is 10.2. The van der Waals surface area contributed by atoms with E-state index in [0.29, 0.717) is 55.7 Å². The van der Waals surface area contributed by atoms with Crippen molar-refractivity contribution >= 4 is 34.4 Å². The zero-order valence-electron chi connectivity index (χ0n) is 16.5. The van der Waals surface area contributed by atoms with Crippen LogP contribution < -0.4 is 4.90 Å². The highest BCUT2D eigenvalue weighted by Gasteiger charge is 2.24. The number of amides is 1. The summed E-state index contributed by atoms with van der Waals surface area (Å²) in [7, 11) is 1.62. The van der Waals surface area contributed by atoms with Gasteiger partial charge in [-0.3, -0.25) is 4.79 Å². The summed E-state index contributed by atoms with van der Waals surface area (Å²) in [5.41, 5.74) is 1.44.